The third-order valence-electron chi connectivity index (χ3n) is 5.39. The van der Waals surface area contributed by atoms with Gasteiger partial charge in [-0.3, -0.25) is 14.5 Å². The molecule has 3 rings (SSSR count). The average molecular weight is 584 g/mol. The molecular weight excluding hydrogens is 557 g/mol. The van der Waals surface area contributed by atoms with Crippen LogP contribution in [-0.4, -0.2) is 34.4 Å². The Hall–Kier alpha value is -1.71. The molecule has 8 heteroatoms. The summed E-state index contributed by atoms with van der Waals surface area (Å²) in [6, 6.07) is 14.0. The second kappa shape index (κ2) is 12.0. The Balaban J connectivity index is 1.75. The molecule has 1 atom stereocenters. The lowest BCUT2D eigenvalue weighted by molar-refractivity contribution is -0.124. The molecular formula is C24H27ClIN3O2S. The van der Waals surface area contributed by atoms with Gasteiger partial charge in [0.25, 0.3) is 5.91 Å². The molecule has 1 unspecified atom stereocenters. The van der Waals surface area contributed by atoms with Crippen LogP contribution >= 0.6 is 46.4 Å². The van der Waals surface area contributed by atoms with Crippen molar-refractivity contribution < 1.29 is 9.59 Å². The first-order valence-electron chi connectivity index (χ1n) is 10.9. The molecule has 2 amide bonds. The third kappa shape index (κ3) is 6.42. The van der Waals surface area contributed by atoms with E-state index in [0.717, 1.165) is 22.8 Å². The molecule has 1 N–H and O–H groups in total. The molecule has 1 aliphatic rings. The van der Waals surface area contributed by atoms with E-state index >= 15 is 0 Å². The zero-order chi connectivity index (χ0) is 23.1. The van der Waals surface area contributed by atoms with Crippen molar-refractivity contribution in [3.05, 3.63) is 57.1 Å². The van der Waals surface area contributed by atoms with Gasteiger partial charge in [-0.1, -0.05) is 50.3 Å². The number of carbonyl (C=O) groups is 2. The van der Waals surface area contributed by atoms with Gasteiger partial charge in [-0.05, 0) is 83.7 Å². The highest BCUT2D eigenvalue weighted by molar-refractivity contribution is 14.1. The quantitative estimate of drug-likeness (QED) is 0.204. The number of nitrogens with zero attached hydrogens (tertiary/aromatic N) is 2. The first kappa shape index (κ1) is 24.9. The highest BCUT2D eigenvalue weighted by atomic mass is 127. The van der Waals surface area contributed by atoms with Gasteiger partial charge in [-0.2, -0.15) is 0 Å². The van der Waals surface area contributed by atoms with Crippen LogP contribution in [0.4, 0.5) is 11.4 Å². The van der Waals surface area contributed by atoms with Crippen molar-refractivity contribution in [1.29, 1.82) is 0 Å². The summed E-state index contributed by atoms with van der Waals surface area (Å²) >= 11 is 14.1. The fourth-order valence-electron chi connectivity index (χ4n) is 3.75. The maximum atomic E-state index is 13.4. The molecule has 170 valence electrons. The Morgan fingerprint density at radius 1 is 1.12 bits per heavy atom. The maximum Gasteiger partial charge on any atom is 0.256 e. The minimum Gasteiger partial charge on any atom is -0.336 e. The molecule has 1 saturated heterocycles. The highest BCUT2D eigenvalue weighted by Crippen LogP contribution is 2.29. The predicted molar refractivity (Wildman–Crippen MR) is 143 cm³/mol. The zero-order valence-corrected chi connectivity index (χ0v) is 21.8. The number of anilines is 2. The number of thiocarbonyl (C=S) groups is 1. The van der Waals surface area contributed by atoms with Crippen molar-refractivity contribution in [2.75, 3.05) is 16.8 Å². The summed E-state index contributed by atoms with van der Waals surface area (Å²) in [6.45, 7) is 2.83. The van der Waals surface area contributed by atoms with E-state index in [1.165, 1.54) is 17.7 Å². The van der Waals surface area contributed by atoms with Crippen molar-refractivity contribution >= 4 is 74.7 Å². The summed E-state index contributed by atoms with van der Waals surface area (Å²) in [6.07, 6.45) is 5.55. The molecule has 0 radical (unpaired) electrons. The fraction of sp³-hybridized carbons (Fsp3) is 0.375. The Bertz CT molecular complexity index is 970. The van der Waals surface area contributed by atoms with Crippen molar-refractivity contribution in [1.82, 2.24) is 4.90 Å². The van der Waals surface area contributed by atoms with Crippen LogP contribution < -0.4 is 10.2 Å². The second-order valence-corrected chi connectivity index (χ2v) is 9.87. The number of rotatable bonds is 10. The van der Waals surface area contributed by atoms with Gasteiger partial charge in [0.15, 0.2) is 5.11 Å². The summed E-state index contributed by atoms with van der Waals surface area (Å²) in [7, 11) is 0. The summed E-state index contributed by atoms with van der Waals surface area (Å²) in [5.74, 6) is -0.403. The summed E-state index contributed by atoms with van der Waals surface area (Å²) in [5.41, 5.74) is 1.34. The zero-order valence-electron chi connectivity index (χ0n) is 18.0. The lowest BCUT2D eigenvalue weighted by Crippen LogP contribution is -2.38. The number of hydrogen-bond acceptors (Lipinski definition) is 3. The standard InChI is InChI=1S/C24H27ClIN3O2S/c1-2-3-4-5-6-14-28-21(16-22(30)27-19-12-10-18(26)11-13-19)23(31)29(24(28)32)20-9-7-8-17(25)15-20/h7-13,15,21H,2-6,14,16H2,1H3,(H,27,30). The van der Waals surface area contributed by atoms with E-state index in [2.05, 4.69) is 34.8 Å². The number of carbonyl (C=O) groups excluding carboxylic acids is 2. The van der Waals surface area contributed by atoms with Crippen molar-refractivity contribution in [2.45, 2.75) is 51.5 Å². The van der Waals surface area contributed by atoms with Crippen molar-refractivity contribution in [3.63, 3.8) is 0 Å². The molecule has 1 fully saturated rings. The van der Waals surface area contributed by atoms with Gasteiger partial charge in [0.2, 0.25) is 5.91 Å². The van der Waals surface area contributed by atoms with Gasteiger partial charge in [0, 0.05) is 20.8 Å². The molecule has 1 heterocycles. The molecule has 2 aromatic carbocycles. The van der Waals surface area contributed by atoms with E-state index in [0.29, 0.717) is 28.1 Å². The maximum absolute atomic E-state index is 13.4. The van der Waals surface area contributed by atoms with Crippen LogP contribution in [0.1, 0.15) is 45.4 Å². The molecule has 32 heavy (non-hydrogen) atoms. The van der Waals surface area contributed by atoms with E-state index in [4.69, 9.17) is 23.8 Å². The molecule has 5 nitrogen and oxygen atoms in total. The number of benzene rings is 2. The van der Waals surface area contributed by atoms with Gasteiger partial charge in [-0.25, -0.2) is 0 Å². The van der Waals surface area contributed by atoms with Crippen molar-refractivity contribution in [2.24, 2.45) is 0 Å². The van der Waals surface area contributed by atoms with Gasteiger partial charge in [-0.15, -0.1) is 0 Å². The fourth-order valence-corrected chi connectivity index (χ4v) is 4.70. The number of nitrogens with one attached hydrogen (secondary N) is 1. The van der Waals surface area contributed by atoms with Gasteiger partial charge in [0.05, 0.1) is 12.1 Å². The van der Waals surface area contributed by atoms with E-state index in [-0.39, 0.29) is 18.2 Å². The van der Waals surface area contributed by atoms with Crippen LogP contribution in [0, 0.1) is 3.57 Å². The number of hydrogen-bond donors (Lipinski definition) is 1. The van der Waals surface area contributed by atoms with Gasteiger partial charge >= 0.3 is 0 Å². The first-order valence-corrected chi connectivity index (χ1v) is 12.7. The lowest BCUT2D eigenvalue weighted by atomic mass is 10.1. The number of amides is 2. The van der Waals surface area contributed by atoms with E-state index < -0.39 is 6.04 Å². The Labute approximate surface area is 213 Å². The van der Waals surface area contributed by atoms with E-state index in [1.807, 2.05) is 35.2 Å². The van der Waals surface area contributed by atoms with Crippen LogP contribution in [0.25, 0.3) is 0 Å². The minimum atomic E-state index is -0.628. The second-order valence-electron chi connectivity index (χ2n) is 7.82. The van der Waals surface area contributed by atoms with E-state index in [9.17, 15) is 9.59 Å². The van der Waals surface area contributed by atoms with E-state index in [1.54, 1.807) is 18.2 Å². The molecule has 0 spiro atoms. The smallest absolute Gasteiger partial charge is 0.256 e. The minimum absolute atomic E-state index is 0.0387. The highest BCUT2D eigenvalue weighted by Gasteiger charge is 2.43. The summed E-state index contributed by atoms with van der Waals surface area (Å²) < 4.78 is 1.09. The number of halogens is 2. The molecule has 0 bridgehead atoms. The Kier molecular flexibility index (Phi) is 9.31. The van der Waals surface area contributed by atoms with Crippen LogP contribution in [0.15, 0.2) is 48.5 Å². The van der Waals surface area contributed by atoms with Crippen LogP contribution in [0.5, 0.6) is 0 Å². The molecule has 0 aromatic heterocycles. The molecule has 2 aromatic rings. The normalized spacial score (nSPS) is 16.0. The van der Waals surface area contributed by atoms with Crippen molar-refractivity contribution in [3.8, 4) is 0 Å². The van der Waals surface area contributed by atoms with Gasteiger partial charge < -0.3 is 10.2 Å². The topological polar surface area (TPSA) is 52.7 Å². The first-order chi connectivity index (χ1) is 15.4. The summed E-state index contributed by atoms with van der Waals surface area (Å²) in [4.78, 5) is 29.6. The monoisotopic (exact) mass is 583 g/mol. The number of unbranched alkanes of at least 4 members (excludes halogenated alkanes) is 4. The Morgan fingerprint density at radius 3 is 2.53 bits per heavy atom. The molecule has 0 saturated carbocycles. The molecule has 1 aliphatic heterocycles. The summed E-state index contributed by atoms with van der Waals surface area (Å²) in [5, 5.41) is 3.86. The Morgan fingerprint density at radius 2 is 1.84 bits per heavy atom. The SMILES string of the molecule is CCCCCCCN1C(=S)N(c2cccc(Cl)c2)C(=O)C1CC(=O)Nc1ccc(I)cc1. The van der Waals surface area contributed by atoms with Crippen LogP contribution in [0.3, 0.4) is 0 Å². The average Bonchev–Trinajstić information content (AvgIpc) is 2.99. The molecule has 0 aliphatic carbocycles. The largest absolute Gasteiger partial charge is 0.336 e. The van der Waals surface area contributed by atoms with Crippen LogP contribution in [-0.2, 0) is 9.59 Å². The third-order valence-corrected chi connectivity index (χ3v) is 6.77. The predicted octanol–water partition coefficient (Wildman–Crippen LogP) is 6.25. The van der Waals surface area contributed by atoms with Crippen LogP contribution in [0.2, 0.25) is 5.02 Å². The van der Waals surface area contributed by atoms with Gasteiger partial charge in [0.1, 0.15) is 6.04 Å². The lowest BCUT2D eigenvalue weighted by Gasteiger charge is -2.24.